The maximum absolute atomic E-state index is 12.7. The Hall–Kier alpha value is -2.53. The number of carbonyl (C=O) groups is 1. The number of rotatable bonds is 8. The minimum atomic E-state index is 0.0760. The molecule has 0 spiro atoms. The van der Waals surface area contributed by atoms with E-state index in [9.17, 15) is 15.0 Å². The van der Waals surface area contributed by atoms with Crippen LogP contribution in [0.25, 0.3) is 0 Å². The van der Waals surface area contributed by atoms with Crippen molar-refractivity contribution in [3.05, 3.63) is 59.7 Å². The van der Waals surface area contributed by atoms with E-state index in [0.717, 1.165) is 25.1 Å². The lowest BCUT2D eigenvalue weighted by Gasteiger charge is -2.44. The van der Waals surface area contributed by atoms with E-state index >= 15 is 0 Å². The van der Waals surface area contributed by atoms with Crippen LogP contribution in [0.4, 0.5) is 0 Å². The summed E-state index contributed by atoms with van der Waals surface area (Å²) >= 11 is 0. The summed E-state index contributed by atoms with van der Waals surface area (Å²) in [6, 6.07) is 15.2. The summed E-state index contributed by atoms with van der Waals surface area (Å²) in [5, 5.41) is 22.6. The molecule has 1 aliphatic heterocycles. The van der Waals surface area contributed by atoms with Crippen molar-refractivity contribution < 1.29 is 15.0 Å². The molecule has 1 saturated heterocycles. The third kappa shape index (κ3) is 6.26. The predicted molar refractivity (Wildman–Crippen MR) is 129 cm³/mol. The van der Waals surface area contributed by atoms with Gasteiger partial charge in [0.15, 0.2) is 0 Å². The Balaban J connectivity index is 1.56. The molecule has 1 aliphatic rings. The second kappa shape index (κ2) is 10.9. The van der Waals surface area contributed by atoms with Crippen LogP contribution in [-0.4, -0.2) is 46.2 Å². The normalized spacial score (nSPS) is 22.6. The van der Waals surface area contributed by atoms with Crippen LogP contribution in [0.15, 0.2) is 48.5 Å². The van der Waals surface area contributed by atoms with Crippen molar-refractivity contribution in [2.75, 3.05) is 13.1 Å². The minimum absolute atomic E-state index is 0.0760. The first kappa shape index (κ1) is 24.1. The van der Waals surface area contributed by atoms with Gasteiger partial charge in [0.1, 0.15) is 11.5 Å². The van der Waals surface area contributed by atoms with Gasteiger partial charge in [0, 0.05) is 25.0 Å². The number of amides is 1. The molecule has 3 N–H and O–H groups in total. The molecule has 4 atom stereocenters. The number of aromatic hydroxyl groups is 2. The Kier molecular flexibility index (Phi) is 8.19. The smallest absolute Gasteiger partial charge is 0.220 e. The summed E-state index contributed by atoms with van der Waals surface area (Å²) in [5.41, 5.74) is 2.27. The fourth-order valence-corrected chi connectivity index (χ4v) is 4.80. The Morgan fingerprint density at radius 1 is 1.09 bits per heavy atom. The molecule has 2 aromatic rings. The Morgan fingerprint density at radius 3 is 2.47 bits per heavy atom. The van der Waals surface area contributed by atoms with E-state index in [4.69, 9.17) is 0 Å². The number of phenols is 2. The number of likely N-dealkylation sites (tertiary alicyclic amines) is 1. The lowest BCUT2D eigenvalue weighted by molar-refractivity contribution is -0.122. The van der Waals surface area contributed by atoms with E-state index in [0.29, 0.717) is 42.4 Å². The molecule has 0 aromatic heterocycles. The number of piperidine rings is 1. The second-order valence-electron chi connectivity index (χ2n) is 9.67. The SMILES string of the molecule is CC(C)[C@@H](CN1CC[C@@H](c2cccc(O)c2)[C@@H](C)C1C)NC(=O)CCc1ccc(O)cc1. The highest BCUT2D eigenvalue weighted by atomic mass is 16.3. The van der Waals surface area contributed by atoms with Gasteiger partial charge < -0.3 is 15.5 Å². The highest BCUT2D eigenvalue weighted by Crippen LogP contribution is 2.37. The van der Waals surface area contributed by atoms with Gasteiger partial charge in [-0.1, -0.05) is 45.0 Å². The molecule has 5 nitrogen and oxygen atoms in total. The van der Waals surface area contributed by atoms with Gasteiger partial charge in [-0.15, -0.1) is 0 Å². The van der Waals surface area contributed by atoms with E-state index in [1.807, 2.05) is 24.3 Å². The molecule has 2 aromatic carbocycles. The van der Waals surface area contributed by atoms with E-state index in [2.05, 4.69) is 44.0 Å². The molecule has 1 fully saturated rings. The number of hydrogen-bond acceptors (Lipinski definition) is 4. The van der Waals surface area contributed by atoms with Crippen LogP contribution in [0.3, 0.4) is 0 Å². The summed E-state index contributed by atoms with van der Waals surface area (Å²) in [7, 11) is 0. The predicted octanol–water partition coefficient (Wildman–Crippen LogP) is 4.69. The van der Waals surface area contributed by atoms with Gasteiger partial charge in [0.25, 0.3) is 0 Å². The molecular formula is C27H38N2O3. The Labute approximate surface area is 192 Å². The zero-order chi connectivity index (χ0) is 23.3. The maximum Gasteiger partial charge on any atom is 0.220 e. The fourth-order valence-electron chi connectivity index (χ4n) is 4.80. The number of phenolic OH excluding ortho intramolecular Hbond substituents is 2. The van der Waals surface area contributed by atoms with E-state index in [1.165, 1.54) is 5.56 Å². The van der Waals surface area contributed by atoms with E-state index in [1.54, 1.807) is 18.2 Å². The Morgan fingerprint density at radius 2 is 1.81 bits per heavy atom. The van der Waals surface area contributed by atoms with Crippen LogP contribution >= 0.6 is 0 Å². The molecular weight excluding hydrogens is 400 g/mol. The van der Waals surface area contributed by atoms with Crippen molar-refractivity contribution in [1.82, 2.24) is 10.2 Å². The average Bonchev–Trinajstić information content (AvgIpc) is 2.76. The largest absolute Gasteiger partial charge is 0.508 e. The number of hydrogen-bond donors (Lipinski definition) is 3. The average molecular weight is 439 g/mol. The topological polar surface area (TPSA) is 72.8 Å². The first-order chi connectivity index (χ1) is 15.2. The lowest BCUT2D eigenvalue weighted by Crippen LogP contribution is -2.53. The third-order valence-electron chi connectivity index (χ3n) is 7.16. The zero-order valence-electron chi connectivity index (χ0n) is 19.8. The van der Waals surface area contributed by atoms with Crippen LogP contribution < -0.4 is 5.32 Å². The van der Waals surface area contributed by atoms with Crippen molar-refractivity contribution in [1.29, 1.82) is 0 Å². The summed E-state index contributed by atoms with van der Waals surface area (Å²) in [4.78, 5) is 15.2. The molecule has 1 amide bonds. The fraction of sp³-hybridized carbons (Fsp3) is 0.519. The zero-order valence-corrected chi connectivity index (χ0v) is 19.8. The summed E-state index contributed by atoms with van der Waals surface area (Å²) < 4.78 is 0. The standard InChI is InChI=1S/C27H38N2O3/c1-18(2)26(28-27(32)13-10-21-8-11-23(30)12-9-21)17-29-15-14-25(19(3)20(29)4)22-6-5-7-24(31)16-22/h5-9,11-12,16,18-20,25-26,30-31H,10,13-15,17H2,1-4H3,(H,28,32)/t19-,20?,25+,26+/m0/s1. The van der Waals surface area contributed by atoms with Gasteiger partial charge in [-0.3, -0.25) is 9.69 Å². The van der Waals surface area contributed by atoms with Gasteiger partial charge in [-0.25, -0.2) is 0 Å². The van der Waals surface area contributed by atoms with Crippen LogP contribution in [0.5, 0.6) is 11.5 Å². The number of nitrogens with zero attached hydrogens (tertiary/aromatic N) is 1. The molecule has 0 aliphatic carbocycles. The Bertz CT molecular complexity index is 881. The summed E-state index contributed by atoms with van der Waals surface area (Å²) in [6.07, 6.45) is 2.16. The third-order valence-corrected chi connectivity index (χ3v) is 7.16. The molecule has 0 bridgehead atoms. The van der Waals surface area contributed by atoms with Crippen molar-refractivity contribution in [2.45, 2.75) is 65.0 Å². The van der Waals surface area contributed by atoms with Crippen molar-refractivity contribution in [3.63, 3.8) is 0 Å². The highest BCUT2D eigenvalue weighted by molar-refractivity contribution is 5.76. The number of benzene rings is 2. The molecule has 3 rings (SSSR count). The minimum Gasteiger partial charge on any atom is -0.508 e. The molecule has 1 heterocycles. The quantitative estimate of drug-likeness (QED) is 0.559. The second-order valence-corrected chi connectivity index (χ2v) is 9.67. The summed E-state index contributed by atoms with van der Waals surface area (Å²) in [6.45, 7) is 10.7. The summed E-state index contributed by atoms with van der Waals surface area (Å²) in [5.74, 6) is 1.90. The van der Waals surface area contributed by atoms with Gasteiger partial charge in [0.05, 0.1) is 0 Å². The van der Waals surface area contributed by atoms with Gasteiger partial charge in [-0.2, -0.15) is 0 Å². The first-order valence-corrected chi connectivity index (χ1v) is 11.8. The maximum atomic E-state index is 12.7. The van der Waals surface area contributed by atoms with Crippen LogP contribution in [0.2, 0.25) is 0 Å². The molecule has 32 heavy (non-hydrogen) atoms. The highest BCUT2D eigenvalue weighted by Gasteiger charge is 2.34. The lowest BCUT2D eigenvalue weighted by atomic mass is 9.77. The van der Waals surface area contributed by atoms with Gasteiger partial charge in [-0.05, 0) is 79.5 Å². The van der Waals surface area contributed by atoms with Crippen LogP contribution in [0, 0.1) is 11.8 Å². The molecule has 5 heteroatoms. The van der Waals surface area contributed by atoms with Crippen molar-refractivity contribution in [2.24, 2.45) is 11.8 Å². The van der Waals surface area contributed by atoms with Gasteiger partial charge in [0.2, 0.25) is 5.91 Å². The molecule has 0 saturated carbocycles. The van der Waals surface area contributed by atoms with Crippen molar-refractivity contribution in [3.8, 4) is 11.5 Å². The van der Waals surface area contributed by atoms with Gasteiger partial charge >= 0.3 is 0 Å². The van der Waals surface area contributed by atoms with E-state index < -0.39 is 0 Å². The molecule has 0 radical (unpaired) electrons. The number of nitrogens with one attached hydrogen (secondary N) is 1. The number of aryl methyl sites for hydroxylation is 1. The van der Waals surface area contributed by atoms with Crippen LogP contribution in [-0.2, 0) is 11.2 Å². The molecule has 174 valence electrons. The number of carbonyl (C=O) groups excluding carboxylic acids is 1. The van der Waals surface area contributed by atoms with Crippen molar-refractivity contribution >= 4 is 5.91 Å². The van der Waals surface area contributed by atoms with E-state index in [-0.39, 0.29) is 17.7 Å². The monoisotopic (exact) mass is 438 g/mol. The first-order valence-electron chi connectivity index (χ1n) is 11.8. The molecule has 1 unspecified atom stereocenters. The van der Waals surface area contributed by atoms with Crippen LogP contribution in [0.1, 0.15) is 57.6 Å².